The number of nitrogens with one attached hydrogen (secondary N) is 1. The summed E-state index contributed by atoms with van der Waals surface area (Å²) in [7, 11) is 0. The number of anilines is 1. The molecule has 2 rings (SSSR count). The lowest BCUT2D eigenvalue weighted by Crippen LogP contribution is -2.47. The minimum Gasteiger partial charge on any atom is -0.407 e. The molecule has 0 saturated carbocycles. The van der Waals surface area contributed by atoms with Crippen LogP contribution in [0.5, 0.6) is 0 Å². The van der Waals surface area contributed by atoms with E-state index in [1.54, 1.807) is 0 Å². The predicted octanol–water partition coefficient (Wildman–Crippen LogP) is 0.155. The molecule has 2 N–H and O–H groups in total. The van der Waals surface area contributed by atoms with Crippen molar-refractivity contribution in [3.63, 3.8) is 0 Å². The quantitative estimate of drug-likeness (QED) is 0.806. The fourth-order valence-corrected chi connectivity index (χ4v) is 1.83. The first-order chi connectivity index (χ1) is 8.99. The highest BCUT2D eigenvalue weighted by Crippen LogP contribution is 2.18. The largest absolute Gasteiger partial charge is 0.407 e. The molecular weight excluding hydrogens is 248 g/mol. The van der Waals surface area contributed by atoms with E-state index >= 15 is 0 Å². The number of hydrogen-bond donors (Lipinski definition) is 2. The standard InChI is InChI=1S/C12H22N4O3/c1-12(2,3)13-6-10-14-15-11(19-10)16-4-5-18-8-9(16)7-17/h9,13,17H,4-8H2,1-3H3. The van der Waals surface area contributed by atoms with Gasteiger partial charge in [-0.25, -0.2) is 0 Å². The molecule has 0 aromatic carbocycles. The van der Waals surface area contributed by atoms with Crippen LogP contribution in [0.4, 0.5) is 6.01 Å². The minimum atomic E-state index is -0.113. The van der Waals surface area contributed by atoms with Gasteiger partial charge in [-0.2, -0.15) is 0 Å². The third-order valence-corrected chi connectivity index (χ3v) is 2.91. The van der Waals surface area contributed by atoms with E-state index in [2.05, 4.69) is 36.3 Å². The van der Waals surface area contributed by atoms with Gasteiger partial charge in [0.05, 0.1) is 32.4 Å². The number of ether oxygens (including phenoxy) is 1. The van der Waals surface area contributed by atoms with Crippen molar-refractivity contribution in [3.8, 4) is 0 Å². The van der Waals surface area contributed by atoms with E-state index in [1.165, 1.54) is 0 Å². The number of hydrogen-bond acceptors (Lipinski definition) is 7. The highest BCUT2D eigenvalue weighted by Gasteiger charge is 2.26. The lowest BCUT2D eigenvalue weighted by Gasteiger charge is -2.32. The Morgan fingerprint density at radius 3 is 2.89 bits per heavy atom. The zero-order chi connectivity index (χ0) is 13.9. The van der Waals surface area contributed by atoms with Gasteiger partial charge in [0.2, 0.25) is 5.89 Å². The maximum absolute atomic E-state index is 9.32. The van der Waals surface area contributed by atoms with Crippen molar-refractivity contribution >= 4 is 6.01 Å². The molecule has 1 aromatic heterocycles. The van der Waals surface area contributed by atoms with Crippen molar-refractivity contribution < 1.29 is 14.3 Å². The second-order valence-electron chi connectivity index (χ2n) is 5.69. The van der Waals surface area contributed by atoms with E-state index in [-0.39, 0.29) is 18.2 Å². The third-order valence-electron chi connectivity index (χ3n) is 2.91. The van der Waals surface area contributed by atoms with E-state index in [4.69, 9.17) is 9.15 Å². The number of aliphatic hydroxyl groups is 1. The Hall–Kier alpha value is -1.18. The summed E-state index contributed by atoms with van der Waals surface area (Å²) in [5.74, 6) is 0.549. The van der Waals surface area contributed by atoms with E-state index in [0.29, 0.717) is 38.2 Å². The number of nitrogens with zero attached hydrogens (tertiary/aromatic N) is 3. The Morgan fingerprint density at radius 1 is 1.42 bits per heavy atom. The molecule has 0 bridgehead atoms. The molecule has 1 aliphatic rings. The van der Waals surface area contributed by atoms with Gasteiger partial charge >= 0.3 is 6.01 Å². The zero-order valence-electron chi connectivity index (χ0n) is 11.7. The van der Waals surface area contributed by atoms with Crippen LogP contribution in [-0.2, 0) is 11.3 Å². The Balaban J connectivity index is 1.99. The molecule has 1 saturated heterocycles. The van der Waals surface area contributed by atoms with Crippen LogP contribution in [0.3, 0.4) is 0 Å². The Kier molecular flexibility index (Phi) is 4.38. The molecule has 1 atom stereocenters. The molecule has 108 valence electrons. The second kappa shape index (κ2) is 5.85. The molecule has 2 heterocycles. The van der Waals surface area contributed by atoms with Crippen molar-refractivity contribution in [2.24, 2.45) is 0 Å². The van der Waals surface area contributed by atoms with Crippen LogP contribution >= 0.6 is 0 Å². The van der Waals surface area contributed by atoms with Crippen LogP contribution < -0.4 is 10.2 Å². The minimum absolute atomic E-state index is 0.00122. The van der Waals surface area contributed by atoms with Gasteiger partial charge in [0.25, 0.3) is 0 Å². The Labute approximate surface area is 112 Å². The first-order valence-electron chi connectivity index (χ1n) is 6.52. The number of morpholine rings is 1. The monoisotopic (exact) mass is 270 g/mol. The average Bonchev–Trinajstić information content (AvgIpc) is 2.84. The summed E-state index contributed by atoms with van der Waals surface area (Å²) in [5.41, 5.74) is 0.00122. The Bertz CT molecular complexity index is 402. The maximum Gasteiger partial charge on any atom is 0.318 e. The summed E-state index contributed by atoms with van der Waals surface area (Å²) < 4.78 is 10.9. The van der Waals surface area contributed by atoms with Crippen LogP contribution in [-0.4, -0.2) is 53.3 Å². The molecule has 19 heavy (non-hydrogen) atoms. The third kappa shape index (κ3) is 3.89. The fourth-order valence-electron chi connectivity index (χ4n) is 1.83. The van der Waals surface area contributed by atoms with Gasteiger partial charge in [-0.05, 0) is 20.8 Å². The lowest BCUT2D eigenvalue weighted by molar-refractivity contribution is 0.0697. The molecule has 7 heteroatoms. The second-order valence-corrected chi connectivity index (χ2v) is 5.69. The number of aromatic nitrogens is 2. The molecule has 0 spiro atoms. The van der Waals surface area contributed by atoms with Crippen LogP contribution in [0.1, 0.15) is 26.7 Å². The Morgan fingerprint density at radius 2 is 2.21 bits per heavy atom. The van der Waals surface area contributed by atoms with Crippen LogP contribution in [0.15, 0.2) is 4.42 Å². The highest BCUT2D eigenvalue weighted by molar-refractivity contribution is 5.27. The lowest BCUT2D eigenvalue weighted by atomic mass is 10.1. The van der Waals surface area contributed by atoms with Gasteiger partial charge in [0.1, 0.15) is 0 Å². The van der Waals surface area contributed by atoms with Crippen molar-refractivity contribution in [2.75, 3.05) is 31.3 Å². The summed E-state index contributed by atoms with van der Waals surface area (Å²) in [5, 5.41) is 20.7. The average molecular weight is 270 g/mol. The zero-order valence-corrected chi connectivity index (χ0v) is 11.7. The van der Waals surface area contributed by atoms with Gasteiger partial charge < -0.3 is 24.5 Å². The van der Waals surface area contributed by atoms with E-state index in [1.807, 2.05) is 4.90 Å². The molecule has 7 nitrogen and oxygen atoms in total. The van der Waals surface area contributed by atoms with Crippen LogP contribution in [0.2, 0.25) is 0 Å². The van der Waals surface area contributed by atoms with Gasteiger partial charge in [0.15, 0.2) is 0 Å². The SMILES string of the molecule is CC(C)(C)NCc1nnc(N2CCOCC2CO)o1. The molecule has 1 aromatic rings. The smallest absolute Gasteiger partial charge is 0.318 e. The molecule has 0 aliphatic carbocycles. The van der Waals surface area contributed by atoms with Gasteiger partial charge in [-0.1, -0.05) is 5.10 Å². The van der Waals surface area contributed by atoms with Gasteiger partial charge in [0, 0.05) is 12.1 Å². The molecule has 0 amide bonds. The van der Waals surface area contributed by atoms with Crippen molar-refractivity contribution in [2.45, 2.75) is 38.9 Å². The molecule has 1 fully saturated rings. The van der Waals surface area contributed by atoms with Crippen molar-refractivity contribution in [1.82, 2.24) is 15.5 Å². The van der Waals surface area contributed by atoms with E-state index in [0.717, 1.165) is 0 Å². The number of rotatable bonds is 4. The highest BCUT2D eigenvalue weighted by atomic mass is 16.5. The van der Waals surface area contributed by atoms with Crippen molar-refractivity contribution in [3.05, 3.63) is 5.89 Å². The predicted molar refractivity (Wildman–Crippen MR) is 69.9 cm³/mol. The van der Waals surface area contributed by atoms with Gasteiger partial charge in [-0.3, -0.25) is 0 Å². The molecule has 1 unspecified atom stereocenters. The van der Waals surface area contributed by atoms with E-state index < -0.39 is 0 Å². The van der Waals surface area contributed by atoms with Crippen LogP contribution in [0, 0.1) is 0 Å². The van der Waals surface area contributed by atoms with E-state index in [9.17, 15) is 5.11 Å². The normalized spacial score (nSPS) is 20.8. The van der Waals surface area contributed by atoms with Gasteiger partial charge in [-0.15, -0.1) is 5.10 Å². The van der Waals surface area contributed by atoms with Crippen molar-refractivity contribution in [1.29, 1.82) is 0 Å². The fraction of sp³-hybridized carbons (Fsp3) is 0.833. The molecule has 1 aliphatic heterocycles. The summed E-state index contributed by atoms with van der Waals surface area (Å²) in [6.07, 6.45) is 0. The summed E-state index contributed by atoms with van der Waals surface area (Å²) in [4.78, 5) is 1.90. The summed E-state index contributed by atoms with van der Waals surface area (Å²) in [6, 6.07) is 0.339. The first-order valence-corrected chi connectivity index (χ1v) is 6.52. The molecule has 0 radical (unpaired) electrons. The first kappa shape index (κ1) is 14.2. The summed E-state index contributed by atoms with van der Waals surface area (Å²) >= 11 is 0. The number of aliphatic hydroxyl groups excluding tert-OH is 1. The van der Waals surface area contributed by atoms with Crippen LogP contribution in [0.25, 0.3) is 0 Å². The maximum atomic E-state index is 9.32. The molecular formula is C12H22N4O3. The summed E-state index contributed by atoms with van der Waals surface area (Å²) in [6.45, 7) is 8.52. The topological polar surface area (TPSA) is 83.7 Å².